The largest absolute Gasteiger partial charge is 0.468 e. The van der Waals surface area contributed by atoms with E-state index in [1.165, 1.54) is 19.2 Å². The van der Waals surface area contributed by atoms with Gasteiger partial charge in [-0.25, -0.2) is 4.39 Å². The summed E-state index contributed by atoms with van der Waals surface area (Å²) in [6.07, 6.45) is 0. The van der Waals surface area contributed by atoms with Gasteiger partial charge < -0.3 is 10.5 Å². The lowest BCUT2D eigenvalue weighted by atomic mass is 10.0. The van der Waals surface area contributed by atoms with E-state index in [0.717, 1.165) is 0 Å². The number of hydrogen-bond acceptors (Lipinski definition) is 3. The molecular weight excluding hydrogens is 256 g/mol. The molecule has 0 aliphatic heterocycles. The summed E-state index contributed by atoms with van der Waals surface area (Å²) >= 11 is 5.87. The van der Waals surface area contributed by atoms with Crippen molar-refractivity contribution in [2.75, 3.05) is 7.11 Å². The SMILES string of the molecule is COC(=O)[C@@H](N)c1c(F)ccc(C)c1Cl.Cl. The molecule has 0 radical (unpaired) electrons. The maximum atomic E-state index is 13.4. The molecule has 0 spiro atoms. The summed E-state index contributed by atoms with van der Waals surface area (Å²) in [5.74, 6) is -1.33. The van der Waals surface area contributed by atoms with Crippen LogP contribution in [0, 0.1) is 12.7 Å². The molecule has 0 bridgehead atoms. The maximum Gasteiger partial charge on any atom is 0.327 e. The average Bonchev–Trinajstić information content (AvgIpc) is 2.22. The zero-order chi connectivity index (χ0) is 11.6. The van der Waals surface area contributed by atoms with E-state index in [9.17, 15) is 9.18 Å². The molecule has 1 aromatic carbocycles. The van der Waals surface area contributed by atoms with Crippen molar-refractivity contribution in [3.05, 3.63) is 34.1 Å². The zero-order valence-corrected chi connectivity index (χ0v) is 10.4. The van der Waals surface area contributed by atoms with E-state index in [1.54, 1.807) is 6.92 Å². The number of benzene rings is 1. The van der Waals surface area contributed by atoms with E-state index < -0.39 is 17.8 Å². The molecule has 1 rings (SSSR count). The van der Waals surface area contributed by atoms with Gasteiger partial charge in [0.1, 0.15) is 11.9 Å². The highest BCUT2D eigenvalue weighted by Crippen LogP contribution is 2.28. The van der Waals surface area contributed by atoms with Crippen molar-refractivity contribution >= 4 is 30.0 Å². The molecule has 0 heterocycles. The molecule has 1 atom stereocenters. The average molecular weight is 268 g/mol. The number of ether oxygens (including phenoxy) is 1. The molecule has 16 heavy (non-hydrogen) atoms. The predicted molar refractivity (Wildman–Crippen MR) is 62.3 cm³/mol. The standard InChI is InChI=1S/C10H11ClFNO2.ClH/c1-5-3-4-6(12)7(8(5)11)9(13)10(14)15-2;/h3-4,9H,13H2,1-2H3;1H/t9-;/m0./s1. The number of halogens is 3. The van der Waals surface area contributed by atoms with Crippen molar-refractivity contribution in [2.24, 2.45) is 5.73 Å². The number of hydrogen-bond donors (Lipinski definition) is 1. The van der Waals surface area contributed by atoms with Crippen LogP contribution in [0.3, 0.4) is 0 Å². The van der Waals surface area contributed by atoms with Gasteiger partial charge in [0.15, 0.2) is 0 Å². The van der Waals surface area contributed by atoms with Gasteiger partial charge in [-0.3, -0.25) is 4.79 Å². The molecule has 0 fully saturated rings. The van der Waals surface area contributed by atoms with Crippen LogP contribution in [0.1, 0.15) is 17.2 Å². The van der Waals surface area contributed by atoms with E-state index in [0.29, 0.717) is 5.56 Å². The summed E-state index contributed by atoms with van der Waals surface area (Å²) in [5, 5.41) is 0.160. The number of nitrogens with two attached hydrogens (primary N) is 1. The summed E-state index contributed by atoms with van der Waals surface area (Å²) < 4.78 is 17.8. The first-order valence-electron chi connectivity index (χ1n) is 4.27. The first-order valence-corrected chi connectivity index (χ1v) is 4.64. The minimum Gasteiger partial charge on any atom is -0.468 e. The fourth-order valence-electron chi connectivity index (χ4n) is 1.21. The summed E-state index contributed by atoms with van der Waals surface area (Å²) in [7, 11) is 1.18. The summed E-state index contributed by atoms with van der Waals surface area (Å²) in [4.78, 5) is 11.2. The van der Waals surface area contributed by atoms with Crippen LogP contribution in [-0.2, 0) is 9.53 Å². The minimum atomic E-state index is -1.19. The van der Waals surface area contributed by atoms with E-state index in [-0.39, 0.29) is 23.0 Å². The van der Waals surface area contributed by atoms with E-state index >= 15 is 0 Å². The Balaban J connectivity index is 0.00000225. The first-order chi connectivity index (χ1) is 6.99. The van der Waals surface area contributed by atoms with Crippen LogP contribution in [0.2, 0.25) is 5.02 Å². The Labute approximate surface area is 104 Å². The Hall–Kier alpha value is -0.840. The molecule has 0 unspecified atom stereocenters. The molecule has 0 aliphatic rings. The van der Waals surface area contributed by atoms with Crippen LogP contribution in [0.5, 0.6) is 0 Å². The van der Waals surface area contributed by atoms with Crippen molar-refractivity contribution in [1.29, 1.82) is 0 Å². The van der Waals surface area contributed by atoms with Crippen molar-refractivity contribution in [1.82, 2.24) is 0 Å². The van der Waals surface area contributed by atoms with Crippen LogP contribution >= 0.6 is 24.0 Å². The van der Waals surface area contributed by atoms with Crippen LogP contribution in [0.25, 0.3) is 0 Å². The van der Waals surface area contributed by atoms with Gasteiger partial charge in [-0.05, 0) is 18.6 Å². The van der Waals surface area contributed by atoms with Crippen molar-refractivity contribution in [3.63, 3.8) is 0 Å². The molecule has 90 valence electrons. The van der Waals surface area contributed by atoms with Gasteiger partial charge in [-0.15, -0.1) is 12.4 Å². The minimum absolute atomic E-state index is 0. The molecule has 0 saturated heterocycles. The monoisotopic (exact) mass is 267 g/mol. The van der Waals surface area contributed by atoms with Gasteiger partial charge >= 0.3 is 5.97 Å². The Kier molecular flexibility index (Phi) is 5.72. The fraction of sp³-hybridized carbons (Fsp3) is 0.300. The number of esters is 1. The highest BCUT2D eigenvalue weighted by molar-refractivity contribution is 6.32. The van der Waals surface area contributed by atoms with Crippen LogP contribution in [-0.4, -0.2) is 13.1 Å². The molecule has 0 saturated carbocycles. The third kappa shape index (κ3) is 2.84. The maximum absolute atomic E-state index is 13.4. The number of carbonyl (C=O) groups is 1. The molecular formula is C10H12Cl2FNO2. The van der Waals surface area contributed by atoms with Crippen LogP contribution in [0.15, 0.2) is 12.1 Å². The lowest BCUT2D eigenvalue weighted by Gasteiger charge is -2.13. The van der Waals surface area contributed by atoms with Crippen LogP contribution < -0.4 is 5.73 Å². The van der Waals surface area contributed by atoms with Gasteiger partial charge in [0.25, 0.3) is 0 Å². The van der Waals surface area contributed by atoms with E-state index in [4.69, 9.17) is 17.3 Å². The Morgan fingerprint density at radius 1 is 1.56 bits per heavy atom. The van der Waals surface area contributed by atoms with Gasteiger partial charge in [-0.1, -0.05) is 17.7 Å². The van der Waals surface area contributed by atoms with Crippen molar-refractivity contribution in [2.45, 2.75) is 13.0 Å². The third-order valence-electron chi connectivity index (χ3n) is 2.09. The Morgan fingerprint density at radius 3 is 2.62 bits per heavy atom. The molecule has 0 aromatic heterocycles. The highest BCUT2D eigenvalue weighted by atomic mass is 35.5. The smallest absolute Gasteiger partial charge is 0.327 e. The topological polar surface area (TPSA) is 52.3 Å². The Bertz CT molecular complexity index is 399. The first kappa shape index (κ1) is 15.2. The normalized spacial score (nSPS) is 11.6. The van der Waals surface area contributed by atoms with Crippen LogP contribution in [0.4, 0.5) is 4.39 Å². The number of carbonyl (C=O) groups excluding carboxylic acids is 1. The molecule has 3 nitrogen and oxygen atoms in total. The molecule has 0 aliphatic carbocycles. The molecule has 2 N–H and O–H groups in total. The molecule has 1 aromatic rings. The molecule has 6 heteroatoms. The number of rotatable bonds is 2. The van der Waals surface area contributed by atoms with E-state index in [1.807, 2.05) is 0 Å². The van der Waals surface area contributed by atoms with E-state index in [2.05, 4.69) is 4.74 Å². The summed E-state index contributed by atoms with van der Waals surface area (Å²) in [5.41, 5.74) is 6.16. The van der Waals surface area contributed by atoms with Gasteiger partial charge in [0.05, 0.1) is 12.1 Å². The summed E-state index contributed by atoms with van der Waals surface area (Å²) in [6.45, 7) is 1.70. The third-order valence-corrected chi connectivity index (χ3v) is 2.59. The second-order valence-electron chi connectivity index (χ2n) is 3.09. The second kappa shape index (κ2) is 6.03. The van der Waals surface area contributed by atoms with Crippen molar-refractivity contribution in [3.8, 4) is 0 Å². The number of methoxy groups -OCH3 is 1. The highest BCUT2D eigenvalue weighted by Gasteiger charge is 2.23. The second-order valence-corrected chi connectivity index (χ2v) is 3.47. The lowest BCUT2D eigenvalue weighted by molar-refractivity contribution is -0.142. The quantitative estimate of drug-likeness (QED) is 0.838. The summed E-state index contributed by atoms with van der Waals surface area (Å²) in [6, 6.07) is 1.55. The predicted octanol–water partition coefficient (Wildman–Crippen LogP) is 2.38. The van der Waals surface area contributed by atoms with Gasteiger partial charge in [0, 0.05) is 5.56 Å². The van der Waals surface area contributed by atoms with Gasteiger partial charge in [-0.2, -0.15) is 0 Å². The van der Waals surface area contributed by atoms with Gasteiger partial charge in [0.2, 0.25) is 0 Å². The molecule has 0 amide bonds. The van der Waals surface area contributed by atoms with Crippen molar-refractivity contribution < 1.29 is 13.9 Å². The Morgan fingerprint density at radius 2 is 2.12 bits per heavy atom. The zero-order valence-electron chi connectivity index (χ0n) is 8.79. The number of aryl methyl sites for hydroxylation is 1. The lowest BCUT2D eigenvalue weighted by Crippen LogP contribution is -2.24. The fourth-order valence-corrected chi connectivity index (χ4v) is 1.48.